The van der Waals surface area contributed by atoms with Crippen molar-refractivity contribution >= 4 is 39.7 Å². The van der Waals surface area contributed by atoms with Crippen molar-refractivity contribution < 1.29 is 0 Å². The van der Waals surface area contributed by atoms with Gasteiger partial charge in [0.2, 0.25) is 0 Å². The van der Waals surface area contributed by atoms with Gasteiger partial charge < -0.3 is 15.5 Å². The minimum Gasteiger partial charge on any atom is -0.386 e. The topological polar surface area (TPSA) is 73.5 Å². The Bertz CT molecular complexity index is 1140. The van der Waals surface area contributed by atoms with Gasteiger partial charge >= 0.3 is 0 Å². The molecule has 0 unspecified atom stereocenters. The van der Waals surface area contributed by atoms with Crippen LogP contribution in [0.15, 0.2) is 53.7 Å². The molecule has 5 rings (SSSR count). The zero-order chi connectivity index (χ0) is 21.4. The molecule has 0 radical (unpaired) electrons. The highest BCUT2D eigenvalue weighted by molar-refractivity contribution is 6.35. The molecule has 2 aliphatic heterocycles. The Labute approximate surface area is 187 Å². The van der Waals surface area contributed by atoms with Crippen LogP contribution >= 0.6 is 11.6 Å². The lowest BCUT2D eigenvalue weighted by Gasteiger charge is -2.37. The normalized spacial score (nSPS) is 18.6. The first kappa shape index (κ1) is 20.1. The largest absolute Gasteiger partial charge is 0.386 e. The molecule has 0 atom stereocenters. The Morgan fingerprint density at radius 2 is 1.90 bits per heavy atom. The van der Waals surface area contributed by atoms with Gasteiger partial charge in [-0.25, -0.2) is 4.99 Å². The van der Waals surface area contributed by atoms with Crippen LogP contribution in [0.1, 0.15) is 24.0 Å². The van der Waals surface area contributed by atoms with Gasteiger partial charge in [0, 0.05) is 23.1 Å². The van der Waals surface area contributed by atoms with E-state index in [1.807, 2.05) is 30.5 Å². The highest BCUT2D eigenvalue weighted by Crippen LogP contribution is 2.37. The van der Waals surface area contributed by atoms with Crippen LogP contribution in [-0.4, -0.2) is 59.1 Å². The van der Waals surface area contributed by atoms with E-state index in [0.717, 1.165) is 53.1 Å². The minimum atomic E-state index is 0.624. The zero-order valence-corrected chi connectivity index (χ0v) is 18.4. The fraction of sp³-hybridized carbons (Fsp3) is 0.333. The highest BCUT2D eigenvalue weighted by atomic mass is 35.5. The van der Waals surface area contributed by atoms with Gasteiger partial charge in [-0.2, -0.15) is 5.10 Å². The van der Waals surface area contributed by atoms with E-state index in [1.54, 1.807) is 0 Å². The van der Waals surface area contributed by atoms with Crippen molar-refractivity contribution in [3.63, 3.8) is 0 Å². The second-order valence-corrected chi connectivity index (χ2v) is 8.99. The molecule has 2 aliphatic rings. The molecule has 0 amide bonds. The summed E-state index contributed by atoms with van der Waals surface area (Å²) in [6.45, 7) is 3.86. The Hall–Kier alpha value is -2.83. The fourth-order valence-corrected chi connectivity index (χ4v) is 4.90. The van der Waals surface area contributed by atoms with E-state index in [2.05, 4.69) is 45.2 Å². The number of halogens is 1. The number of H-pyrrole nitrogens is 1. The van der Waals surface area contributed by atoms with Crippen molar-refractivity contribution in [2.75, 3.05) is 33.2 Å². The molecule has 1 saturated heterocycles. The summed E-state index contributed by atoms with van der Waals surface area (Å²) in [7, 11) is 2.20. The van der Waals surface area contributed by atoms with Crippen LogP contribution in [0.3, 0.4) is 0 Å². The average molecular weight is 435 g/mol. The van der Waals surface area contributed by atoms with Gasteiger partial charge in [-0.05, 0) is 51.0 Å². The number of piperidine rings is 1. The third-order valence-electron chi connectivity index (χ3n) is 6.29. The molecule has 0 bridgehead atoms. The van der Waals surface area contributed by atoms with Crippen LogP contribution in [0.25, 0.3) is 22.3 Å². The molecule has 3 heterocycles. The molecule has 0 saturated carbocycles. The second kappa shape index (κ2) is 8.36. The number of nitrogens with one attached hydrogen (secondary N) is 1. The number of amidine groups is 1. The third-order valence-corrected chi connectivity index (χ3v) is 6.58. The Balaban J connectivity index is 1.63. The predicted octanol–water partition coefficient (Wildman–Crippen LogP) is 4.06. The van der Waals surface area contributed by atoms with Crippen LogP contribution in [0, 0.1) is 5.92 Å². The molecular weight excluding hydrogens is 408 g/mol. The molecule has 7 heteroatoms. The lowest BCUT2D eigenvalue weighted by atomic mass is 9.94. The monoisotopic (exact) mass is 434 g/mol. The maximum Gasteiger partial charge on any atom is 0.119 e. The Morgan fingerprint density at radius 1 is 1.13 bits per heavy atom. The van der Waals surface area contributed by atoms with E-state index < -0.39 is 0 Å². The molecule has 160 valence electrons. The average Bonchev–Trinajstić information content (AvgIpc) is 3.25. The SMILES string of the molecule is CN1CCC(CN2CC(N)=NC(c3ccccc3)=C2c2cc(Cl)c3[nH]ncc3c2)CC1. The summed E-state index contributed by atoms with van der Waals surface area (Å²) >= 11 is 6.62. The van der Waals surface area contributed by atoms with Gasteiger partial charge in [-0.3, -0.25) is 5.10 Å². The third kappa shape index (κ3) is 4.05. The summed E-state index contributed by atoms with van der Waals surface area (Å²) in [6, 6.07) is 14.4. The molecule has 2 aromatic carbocycles. The smallest absolute Gasteiger partial charge is 0.119 e. The number of likely N-dealkylation sites (tertiary alicyclic amines) is 1. The Morgan fingerprint density at radius 3 is 2.68 bits per heavy atom. The molecule has 31 heavy (non-hydrogen) atoms. The number of aromatic nitrogens is 2. The van der Waals surface area contributed by atoms with Crippen molar-refractivity contribution in [3.8, 4) is 0 Å². The molecule has 6 nitrogen and oxygen atoms in total. The van der Waals surface area contributed by atoms with Crippen LogP contribution < -0.4 is 5.73 Å². The van der Waals surface area contributed by atoms with Gasteiger partial charge in [0.05, 0.1) is 34.7 Å². The number of aromatic amines is 1. The molecule has 1 aromatic heterocycles. The summed E-state index contributed by atoms with van der Waals surface area (Å²) < 4.78 is 0. The van der Waals surface area contributed by atoms with Gasteiger partial charge in [0.25, 0.3) is 0 Å². The fourth-order valence-electron chi connectivity index (χ4n) is 4.64. The van der Waals surface area contributed by atoms with Crippen LogP contribution in [0.5, 0.6) is 0 Å². The first-order chi connectivity index (χ1) is 15.1. The lowest BCUT2D eigenvalue weighted by Crippen LogP contribution is -2.41. The van der Waals surface area contributed by atoms with Crippen molar-refractivity contribution in [1.82, 2.24) is 20.0 Å². The number of hydrogen-bond donors (Lipinski definition) is 2. The predicted molar refractivity (Wildman–Crippen MR) is 128 cm³/mol. The number of rotatable bonds is 4. The van der Waals surface area contributed by atoms with Gasteiger partial charge in [-0.15, -0.1) is 0 Å². The second-order valence-electron chi connectivity index (χ2n) is 8.59. The van der Waals surface area contributed by atoms with Crippen LogP contribution in [-0.2, 0) is 0 Å². The minimum absolute atomic E-state index is 0.624. The zero-order valence-electron chi connectivity index (χ0n) is 17.7. The van der Waals surface area contributed by atoms with Crippen molar-refractivity contribution in [1.29, 1.82) is 0 Å². The lowest BCUT2D eigenvalue weighted by molar-refractivity contribution is 0.194. The van der Waals surface area contributed by atoms with Gasteiger partial charge in [0.1, 0.15) is 5.84 Å². The van der Waals surface area contributed by atoms with Crippen molar-refractivity contribution in [3.05, 3.63) is 64.8 Å². The molecule has 0 spiro atoms. The van der Waals surface area contributed by atoms with E-state index in [1.165, 1.54) is 12.8 Å². The van der Waals surface area contributed by atoms with Gasteiger partial charge in [0.15, 0.2) is 0 Å². The number of fused-ring (bicyclic) bond motifs is 1. The van der Waals surface area contributed by atoms with E-state index in [4.69, 9.17) is 22.3 Å². The summed E-state index contributed by atoms with van der Waals surface area (Å²) in [5.74, 6) is 1.27. The van der Waals surface area contributed by atoms with Gasteiger partial charge in [-0.1, -0.05) is 41.9 Å². The first-order valence-corrected chi connectivity index (χ1v) is 11.2. The number of nitrogens with two attached hydrogens (primary N) is 1. The molecule has 3 N–H and O–H groups in total. The molecule has 1 fully saturated rings. The van der Waals surface area contributed by atoms with E-state index >= 15 is 0 Å². The van der Waals surface area contributed by atoms with Crippen LogP contribution in [0.4, 0.5) is 0 Å². The number of hydrogen-bond acceptors (Lipinski definition) is 5. The maximum atomic E-state index is 6.62. The van der Waals surface area contributed by atoms with E-state index in [-0.39, 0.29) is 0 Å². The standard InChI is InChI=1S/C24H27ClN6/c1-30-9-7-16(8-10-30)14-31-15-21(26)28-23(17-5-3-2-4-6-17)24(31)18-11-19-13-27-29-22(19)20(25)12-18/h2-6,11-13,16H,7-10,14-15H2,1H3,(H2,26,28)(H,27,29). The van der Waals surface area contributed by atoms with Crippen molar-refractivity contribution in [2.45, 2.75) is 12.8 Å². The van der Waals surface area contributed by atoms with E-state index in [0.29, 0.717) is 23.3 Å². The van der Waals surface area contributed by atoms with Crippen LogP contribution in [0.2, 0.25) is 5.02 Å². The quantitative estimate of drug-likeness (QED) is 0.649. The molecular formula is C24H27ClN6. The summed E-state index contributed by atoms with van der Waals surface area (Å²) in [5.41, 5.74) is 11.3. The number of benzene rings is 2. The summed E-state index contributed by atoms with van der Waals surface area (Å²) in [6.07, 6.45) is 4.20. The number of nitrogens with zero attached hydrogens (tertiary/aromatic N) is 4. The molecule has 3 aromatic rings. The Kier molecular flexibility index (Phi) is 5.42. The summed E-state index contributed by atoms with van der Waals surface area (Å²) in [5, 5.41) is 8.80. The molecule has 0 aliphatic carbocycles. The maximum absolute atomic E-state index is 6.62. The number of aliphatic imine (C=N–C) groups is 1. The highest BCUT2D eigenvalue weighted by Gasteiger charge is 2.28. The first-order valence-electron chi connectivity index (χ1n) is 10.8. The van der Waals surface area contributed by atoms with Crippen molar-refractivity contribution in [2.24, 2.45) is 16.6 Å². The van der Waals surface area contributed by atoms with E-state index in [9.17, 15) is 0 Å². The summed E-state index contributed by atoms with van der Waals surface area (Å²) in [4.78, 5) is 9.63.